The number of hydrogen-bond acceptors (Lipinski definition) is 23. The van der Waals surface area contributed by atoms with Gasteiger partial charge in [0.25, 0.3) is 0 Å². The molecule has 10 aliphatic rings. The van der Waals surface area contributed by atoms with E-state index in [0.717, 1.165) is 153 Å². The van der Waals surface area contributed by atoms with E-state index in [1.54, 1.807) is 91.4 Å². The third-order valence-electron chi connectivity index (χ3n) is 25.9. The van der Waals surface area contributed by atoms with Crippen molar-refractivity contribution in [3.63, 3.8) is 0 Å². The number of ether oxygens (including phenoxy) is 4. The largest absolute Gasteiger partial charge is 0.492 e. The first kappa shape index (κ1) is 83.8. The van der Waals surface area contributed by atoms with Crippen molar-refractivity contribution in [3.05, 3.63) is 182 Å². The van der Waals surface area contributed by atoms with E-state index in [-0.39, 0.29) is 60.0 Å². The highest BCUT2D eigenvalue weighted by Gasteiger charge is 2.46. The van der Waals surface area contributed by atoms with Crippen LogP contribution in [0, 0.1) is 29.2 Å². The molecule has 6 fully saturated rings. The number of nitrogens with zero attached hydrogens (tertiary/aromatic N) is 19. The zero-order valence-electron chi connectivity index (χ0n) is 70.6. The van der Waals surface area contributed by atoms with E-state index in [1.165, 1.54) is 62.9 Å². The lowest BCUT2D eigenvalue weighted by Crippen LogP contribution is -2.65. The highest BCUT2D eigenvalue weighted by atomic mass is 19.1. The molecule has 1 unspecified atom stereocenters. The van der Waals surface area contributed by atoms with Crippen molar-refractivity contribution in [1.82, 2.24) is 92.7 Å². The lowest BCUT2D eigenvalue weighted by atomic mass is 9.95. The molecule has 4 saturated heterocycles. The molecule has 2 saturated carbocycles. The second-order valence-electron chi connectivity index (χ2n) is 35.6. The molecule has 6 atom stereocenters. The van der Waals surface area contributed by atoms with Gasteiger partial charge in [0.2, 0.25) is 0 Å². The molecule has 2 aliphatic carbocycles. The van der Waals surface area contributed by atoms with Crippen LogP contribution in [0.15, 0.2) is 159 Å². The number of halogens is 4. The number of fused-ring (bicyclic) bond motifs is 21. The number of rotatable bonds is 5. The average molecular weight is 1690 g/mol. The lowest BCUT2D eigenvalue weighted by Gasteiger charge is -2.51. The molecular formula is C93H113F4N23O4. The summed E-state index contributed by atoms with van der Waals surface area (Å²) in [4.78, 5) is 36.2. The fraction of sp³-hybridized carbons (Fsp3) is 0.462. The molecule has 0 spiro atoms. The summed E-state index contributed by atoms with van der Waals surface area (Å²) < 4.78 is 90.6. The number of nitrogens with one attached hydrogen (secondary N) is 4. The highest BCUT2D eigenvalue weighted by molar-refractivity contribution is 5.81. The van der Waals surface area contributed by atoms with Gasteiger partial charge in [-0.25, -0.2) is 55.6 Å². The Morgan fingerprint density at radius 3 is 1.51 bits per heavy atom. The molecule has 8 aromatic heterocycles. The maximum Gasteiger partial charge on any atom is 0.165 e. The number of hydrogen-bond donors (Lipinski definition) is 4. The van der Waals surface area contributed by atoms with Crippen LogP contribution in [0.2, 0.25) is 0 Å². The topological polar surface area (TPSA) is 228 Å². The second-order valence-corrected chi connectivity index (χ2v) is 35.6. The number of anilines is 4. The summed E-state index contributed by atoms with van der Waals surface area (Å²) in [5.41, 5.74) is 7.12. The summed E-state index contributed by atoms with van der Waals surface area (Å²) in [6, 6.07) is 31.3. The Labute approximate surface area is 720 Å². The predicted molar refractivity (Wildman–Crippen MR) is 475 cm³/mol. The van der Waals surface area contributed by atoms with E-state index < -0.39 is 0 Å². The number of benzene rings is 4. The molecule has 22 rings (SSSR count). The van der Waals surface area contributed by atoms with Gasteiger partial charge in [-0.15, -0.1) is 11.7 Å². The van der Waals surface area contributed by atoms with Gasteiger partial charge >= 0.3 is 0 Å². The zero-order valence-corrected chi connectivity index (χ0v) is 70.6. The molecule has 8 aliphatic heterocycles. The van der Waals surface area contributed by atoms with E-state index in [1.807, 2.05) is 55.0 Å². The van der Waals surface area contributed by atoms with Gasteiger partial charge in [0.1, 0.15) is 95.5 Å². The molecule has 18 bridgehead atoms. The third kappa shape index (κ3) is 18.4. The van der Waals surface area contributed by atoms with E-state index >= 15 is 0 Å². The molecule has 124 heavy (non-hydrogen) atoms. The first-order valence-electron chi connectivity index (χ1n) is 43.7. The summed E-state index contributed by atoms with van der Waals surface area (Å²) in [5, 5.41) is 31.4. The van der Waals surface area contributed by atoms with Crippen molar-refractivity contribution in [1.29, 1.82) is 0 Å². The highest BCUT2D eigenvalue weighted by Crippen LogP contribution is 2.40. The van der Waals surface area contributed by atoms with E-state index in [9.17, 15) is 17.6 Å². The molecule has 0 radical (unpaired) electrons. The Hall–Kier alpha value is -11.1. The van der Waals surface area contributed by atoms with Crippen LogP contribution in [-0.4, -0.2) is 278 Å². The first-order valence-corrected chi connectivity index (χ1v) is 43.7. The predicted octanol–water partition coefficient (Wildman–Crippen LogP) is 13.5. The van der Waals surface area contributed by atoms with Crippen LogP contribution < -0.4 is 40.2 Å². The number of piperazine rings is 3. The smallest absolute Gasteiger partial charge is 0.165 e. The Balaban J connectivity index is 0.000000112. The monoisotopic (exact) mass is 1690 g/mol. The molecule has 31 heteroatoms. The zero-order chi connectivity index (χ0) is 84.0. The van der Waals surface area contributed by atoms with Gasteiger partial charge in [-0.2, -0.15) is 15.3 Å². The normalized spacial score (nSPS) is 22.9. The molecule has 4 aromatic carbocycles. The van der Waals surface area contributed by atoms with Gasteiger partial charge in [-0.1, -0.05) is 13.5 Å². The second kappa shape index (κ2) is 35.9. The SMILES string of the molecule is C.C=CCN1C[C@H]2COc3ccc(F)c(c3)-c3cnn4ccc(nc34)NCCN2CC1(C)C.CC1(C)CN2CCNc3ccn4ncc(c4n3)-c3cc(ccc3F)OC[C@@H]2CN1C1CC1.C[C@@H]1CN2CCNc3ccn4ncc(c4n3)-c3cc(ccc3F)OC[C@@H]2CN1CC1CC1.Fc1ccc2cc1-c1cnc3ccc(nn13)NCCN1CCCC[C@H](C1)O2. The summed E-state index contributed by atoms with van der Waals surface area (Å²) in [5.74, 6) is 5.40. The van der Waals surface area contributed by atoms with Crippen LogP contribution in [0.1, 0.15) is 87.0 Å². The van der Waals surface area contributed by atoms with Gasteiger partial charge in [-0.05, 0) is 195 Å². The number of aromatic nitrogens is 12. The van der Waals surface area contributed by atoms with E-state index in [0.29, 0.717) is 128 Å². The number of imidazole rings is 1. The fourth-order valence-corrected chi connectivity index (χ4v) is 18.9. The minimum atomic E-state index is -0.322. The molecule has 4 N–H and O–H groups in total. The Bertz CT molecular complexity index is 5790. The van der Waals surface area contributed by atoms with Crippen LogP contribution in [0.5, 0.6) is 23.0 Å². The van der Waals surface area contributed by atoms with E-state index in [2.05, 4.69) is 122 Å². The summed E-state index contributed by atoms with van der Waals surface area (Å²) >= 11 is 0. The summed E-state index contributed by atoms with van der Waals surface area (Å²) in [6.07, 6.45) is 23.0. The average Bonchev–Trinajstić information content (AvgIpc) is 1.57. The quantitative estimate of drug-likeness (QED) is 0.0927. The molecule has 652 valence electrons. The van der Waals surface area contributed by atoms with Crippen LogP contribution >= 0.6 is 0 Å². The Morgan fingerprint density at radius 1 is 0.476 bits per heavy atom. The summed E-state index contributed by atoms with van der Waals surface area (Å²) in [7, 11) is 0. The van der Waals surface area contributed by atoms with Crippen LogP contribution in [0.4, 0.5) is 40.8 Å². The lowest BCUT2D eigenvalue weighted by molar-refractivity contribution is -0.0341. The molecule has 16 heterocycles. The van der Waals surface area contributed by atoms with Crippen LogP contribution in [0.25, 0.3) is 67.2 Å². The molecule has 12 aromatic rings. The standard InChI is InChI=1S/3C24H29FN6O.C20H22FN5O.CH4/c1-24(2)15-29-10-8-26-22-7-9-31-23(28-22)20(12-27-31)19-11-18(5-6-21(19)25)32-14-17(29)13-30(24)16-3-4-16;1-16-12-29-9-7-26-23-6-8-31-24(28-23)21(11-27-31)20-10-19(4-5-22(20)25)32-15-18(29)14-30(16)13-17-2-3-17;1-4-9-30-14-17-15-32-18-5-6-21(25)19(12-18)20-13-27-31-10-7-22(28-23(20)31)26-8-11-29(17)16-24(30,2)3;21-17-5-4-14-11-16(17)18-12-23-20-7-6-19(24-26(18)20)22-8-10-25-9-2-1-3-15(13-25)27-14;/h5-7,9,11-12,16-17H,3-4,8,10,13-15H2,1-2H3,(H,26,28);4-6,8,10-11,16-18H,2-3,7,9,12-15H2,1H3,(H,26,28);4-7,10,12-13,17H,1,8-9,11,14-16H2,2-3H3,(H,26,28);4-7,11-12,15H,1-3,8-10,13H2,(H,22,24);1H4/t17-;16-,18+;17-;15-;/m0101./s1. The van der Waals surface area contributed by atoms with Gasteiger partial charge in [0.05, 0.1) is 48.6 Å². The van der Waals surface area contributed by atoms with E-state index in [4.69, 9.17) is 33.9 Å². The van der Waals surface area contributed by atoms with Crippen molar-refractivity contribution in [2.45, 2.75) is 134 Å². The van der Waals surface area contributed by atoms with Crippen molar-refractivity contribution in [3.8, 4) is 67.6 Å². The van der Waals surface area contributed by atoms with Crippen molar-refractivity contribution in [2.75, 3.05) is 159 Å². The Morgan fingerprint density at radius 2 is 0.968 bits per heavy atom. The van der Waals surface area contributed by atoms with Gasteiger partial charge in [0.15, 0.2) is 22.6 Å². The molecule has 27 nitrogen and oxygen atoms in total. The maximum absolute atomic E-state index is 14.8. The first-order chi connectivity index (χ1) is 59.8. The minimum absolute atomic E-state index is 0. The maximum atomic E-state index is 14.8. The van der Waals surface area contributed by atoms with Crippen molar-refractivity contribution < 1.29 is 36.5 Å². The van der Waals surface area contributed by atoms with Crippen LogP contribution in [0.3, 0.4) is 0 Å². The molecular weight excluding hydrogens is 1580 g/mol. The van der Waals surface area contributed by atoms with Crippen LogP contribution in [-0.2, 0) is 0 Å². The third-order valence-corrected chi connectivity index (χ3v) is 25.9. The summed E-state index contributed by atoms with van der Waals surface area (Å²) in [6.45, 7) is 33.8. The van der Waals surface area contributed by atoms with Crippen molar-refractivity contribution >= 4 is 45.9 Å². The minimum Gasteiger partial charge on any atom is -0.492 e. The van der Waals surface area contributed by atoms with Gasteiger partial charge < -0.3 is 40.2 Å². The Kier molecular flexibility index (Phi) is 24.3. The molecule has 0 amide bonds. The van der Waals surface area contributed by atoms with Gasteiger partial charge in [0, 0.05) is 192 Å². The van der Waals surface area contributed by atoms with Crippen molar-refractivity contribution in [2.24, 2.45) is 5.92 Å². The fourth-order valence-electron chi connectivity index (χ4n) is 18.9. The van der Waals surface area contributed by atoms with Gasteiger partial charge in [-0.3, -0.25) is 34.3 Å².